The van der Waals surface area contributed by atoms with Crippen molar-refractivity contribution >= 4 is 16.9 Å². The molecule has 0 fully saturated rings. The van der Waals surface area contributed by atoms with Crippen LogP contribution in [0.4, 0.5) is 0 Å². The van der Waals surface area contributed by atoms with Crippen LogP contribution >= 0.6 is 11.8 Å². The van der Waals surface area contributed by atoms with Crippen molar-refractivity contribution < 1.29 is 4.92 Å². The summed E-state index contributed by atoms with van der Waals surface area (Å²) >= 11 is 1.51. The van der Waals surface area contributed by atoms with Gasteiger partial charge in [0.15, 0.2) is 10.8 Å². The molecule has 0 aromatic heterocycles. The first kappa shape index (κ1) is 12.0. The van der Waals surface area contributed by atoms with Gasteiger partial charge in [-0.15, -0.1) is 0 Å². The quantitative estimate of drug-likeness (QED) is 0.554. The van der Waals surface area contributed by atoms with E-state index in [0.29, 0.717) is 5.17 Å². The maximum absolute atomic E-state index is 10.6. The predicted molar refractivity (Wildman–Crippen MR) is 61.0 cm³/mol. The average molecular weight is 230 g/mol. The summed E-state index contributed by atoms with van der Waals surface area (Å²) in [5.74, 6) is 0.906. The molecule has 1 aliphatic rings. The number of amidine groups is 1. The Balaban J connectivity index is 2.80. The topological polar surface area (TPSA) is 93.5 Å². The van der Waals surface area contributed by atoms with E-state index in [9.17, 15) is 10.1 Å². The van der Waals surface area contributed by atoms with E-state index in [1.165, 1.54) is 18.0 Å². The first-order chi connectivity index (χ1) is 6.97. The number of nitrogens with one attached hydrogen (secondary N) is 1. The van der Waals surface area contributed by atoms with Gasteiger partial charge < -0.3 is 5.32 Å². The van der Waals surface area contributed by atoms with Crippen molar-refractivity contribution in [2.75, 3.05) is 5.75 Å². The van der Waals surface area contributed by atoms with E-state index in [-0.39, 0.29) is 5.70 Å². The second-order valence-corrected chi connectivity index (χ2v) is 4.47. The highest BCUT2D eigenvalue weighted by Crippen LogP contribution is 2.18. The first-order valence-electron chi connectivity index (χ1n) is 4.60. The minimum absolute atomic E-state index is 0.122. The van der Waals surface area contributed by atoms with Crippen molar-refractivity contribution in [3.05, 3.63) is 22.0 Å². The molecule has 1 heterocycles. The van der Waals surface area contributed by atoms with Gasteiger partial charge >= 0.3 is 5.70 Å². The monoisotopic (exact) mass is 230 g/mol. The highest BCUT2D eigenvalue weighted by Gasteiger charge is 2.37. The lowest BCUT2D eigenvalue weighted by Crippen LogP contribution is -2.57. The molecule has 0 saturated heterocycles. The van der Waals surface area contributed by atoms with E-state index in [2.05, 4.69) is 17.2 Å². The molecular weight excluding hydrogens is 216 g/mol. The molecule has 0 amide bonds. The third kappa shape index (κ3) is 2.93. The fourth-order valence-corrected chi connectivity index (χ4v) is 1.89. The van der Waals surface area contributed by atoms with Crippen LogP contribution in [0.2, 0.25) is 0 Å². The lowest BCUT2D eigenvalue weighted by atomic mass is 10.1. The van der Waals surface area contributed by atoms with Gasteiger partial charge in [0, 0.05) is 5.75 Å². The number of hydrogen-bond donors (Lipinski definition) is 2. The Morgan fingerprint density at radius 1 is 1.80 bits per heavy atom. The number of rotatable bonds is 3. The fourth-order valence-electron chi connectivity index (χ4n) is 1.08. The number of nitro groups is 1. The number of thioether (sulfide) groups is 1. The standard InChI is InChI=1S/C8H14N4O2S/c1-3-4-15-7-10-5-6(12(13)14)8(2,9)11-7/h5H,3-4,9H2,1-2H3,(H,10,11). The Bertz CT molecular complexity index is 325. The van der Waals surface area contributed by atoms with Crippen LogP contribution in [0.5, 0.6) is 0 Å². The van der Waals surface area contributed by atoms with E-state index < -0.39 is 10.6 Å². The zero-order valence-corrected chi connectivity index (χ0v) is 9.50. The van der Waals surface area contributed by atoms with E-state index in [0.717, 1.165) is 12.2 Å². The molecule has 15 heavy (non-hydrogen) atoms. The molecule has 0 aromatic rings. The van der Waals surface area contributed by atoms with Crippen LogP contribution in [-0.4, -0.2) is 21.5 Å². The van der Waals surface area contributed by atoms with E-state index in [1.54, 1.807) is 6.92 Å². The second kappa shape index (κ2) is 4.63. The molecular formula is C8H14N4O2S. The van der Waals surface area contributed by atoms with Crippen molar-refractivity contribution in [3.63, 3.8) is 0 Å². The van der Waals surface area contributed by atoms with Gasteiger partial charge in [-0.2, -0.15) is 0 Å². The first-order valence-corrected chi connectivity index (χ1v) is 5.58. The van der Waals surface area contributed by atoms with Crippen LogP contribution in [0.15, 0.2) is 16.9 Å². The molecule has 84 valence electrons. The number of aliphatic imine (C=N–C) groups is 1. The van der Waals surface area contributed by atoms with Gasteiger partial charge in [-0.1, -0.05) is 18.7 Å². The fraction of sp³-hybridized carbons (Fsp3) is 0.625. The van der Waals surface area contributed by atoms with Crippen LogP contribution in [0.3, 0.4) is 0 Å². The number of hydrogen-bond acceptors (Lipinski definition) is 6. The van der Waals surface area contributed by atoms with Gasteiger partial charge in [0.2, 0.25) is 0 Å². The van der Waals surface area contributed by atoms with Crippen LogP contribution in [0.25, 0.3) is 0 Å². The molecule has 1 aliphatic heterocycles. The van der Waals surface area contributed by atoms with Crippen molar-refractivity contribution in [1.82, 2.24) is 5.32 Å². The largest absolute Gasteiger partial charge is 0.338 e. The lowest BCUT2D eigenvalue weighted by molar-refractivity contribution is -0.435. The van der Waals surface area contributed by atoms with Crippen molar-refractivity contribution in [2.45, 2.75) is 25.9 Å². The smallest absolute Gasteiger partial charge is 0.303 e. The van der Waals surface area contributed by atoms with Crippen molar-refractivity contribution in [2.24, 2.45) is 10.7 Å². The zero-order valence-electron chi connectivity index (χ0n) is 8.69. The summed E-state index contributed by atoms with van der Waals surface area (Å²) in [5, 5.41) is 14.1. The normalized spacial score (nSPS) is 25.3. The van der Waals surface area contributed by atoms with E-state index in [4.69, 9.17) is 5.73 Å². The molecule has 0 radical (unpaired) electrons. The summed E-state index contributed by atoms with van der Waals surface area (Å²) in [7, 11) is 0. The SMILES string of the molecule is CCCSC1=NC=C([N+](=O)[O-])C(C)(N)N1. The Morgan fingerprint density at radius 3 is 2.93 bits per heavy atom. The van der Waals surface area contributed by atoms with E-state index in [1.807, 2.05) is 0 Å². The van der Waals surface area contributed by atoms with Crippen LogP contribution in [-0.2, 0) is 0 Å². The highest BCUT2D eigenvalue weighted by atomic mass is 32.2. The number of nitrogens with zero attached hydrogens (tertiary/aromatic N) is 2. The molecule has 1 unspecified atom stereocenters. The molecule has 0 saturated carbocycles. The van der Waals surface area contributed by atoms with Crippen LogP contribution in [0, 0.1) is 10.1 Å². The Morgan fingerprint density at radius 2 is 2.47 bits per heavy atom. The molecule has 0 aliphatic carbocycles. The summed E-state index contributed by atoms with van der Waals surface area (Å²) < 4.78 is 0. The average Bonchev–Trinajstić information content (AvgIpc) is 2.12. The second-order valence-electron chi connectivity index (χ2n) is 3.38. The third-order valence-corrected chi connectivity index (χ3v) is 2.94. The van der Waals surface area contributed by atoms with Crippen molar-refractivity contribution in [3.8, 4) is 0 Å². The Labute approximate surface area is 92.2 Å². The van der Waals surface area contributed by atoms with Crippen molar-refractivity contribution in [1.29, 1.82) is 0 Å². The molecule has 0 bridgehead atoms. The summed E-state index contributed by atoms with van der Waals surface area (Å²) in [4.78, 5) is 14.1. The van der Waals surface area contributed by atoms with Gasteiger partial charge in [0.1, 0.15) is 6.20 Å². The van der Waals surface area contributed by atoms with Crippen LogP contribution < -0.4 is 11.1 Å². The van der Waals surface area contributed by atoms with Crippen LogP contribution in [0.1, 0.15) is 20.3 Å². The molecule has 0 spiro atoms. The predicted octanol–water partition coefficient (Wildman–Crippen LogP) is 0.882. The molecule has 6 nitrogen and oxygen atoms in total. The van der Waals surface area contributed by atoms with Gasteiger partial charge in [-0.05, 0) is 13.3 Å². The van der Waals surface area contributed by atoms with E-state index >= 15 is 0 Å². The summed E-state index contributed by atoms with van der Waals surface area (Å²) in [6, 6.07) is 0. The number of nitrogens with two attached hydrogens (primary N) is 1. The minimum Gasteiger partial charge on any atom is -0.338 e. The molecule has 0 aromatic carbocycles. The maximum Gasteiger partial charge on any atom is 0.303 e. The Hall–Kier alpha value is -1.08. The third-order valence-electron chi connectivity index (χ3n) is 1.84. The van der Waals surface area contributed by atoms with Gasteiger partial charge in [0.05, 0.1) is 4.92 Å². The van der Waals surface area contributed by atoms with Gasteiger partial charge in [-0.25, -0.2) is 4.99 Å². The summed E-state index contributed by atoms with van der Waals surface area (Å²) in [6.07, 6.45) is 2.23. The molecule has 1 atom stereocenters. The zero-order chi connectivity index (χ0) is 11.5. The molecule has 1 rings (SSSR count). The van der Waals surface area contributed by atoms with Gasteiger partial charge in [0.25, 0.3) is 0 Å². The minimum atomic E-state index is -1.15. The maximum atomic E-state index is 10.6. The highest BCUT2D eigenvalue weighted by molar-refractivity contribution is 8.13. The Kier molecular flexibility index (Phi) is 3.70. The van der Waals surface area contributed by atoms with Gasteiger partial charge in [-0.3, -0.25) is 15.8 Å². The summed E-state index contributed by atoms with van der Waals surface area (Å²) in [6.45, 7) is 3.61. The molecule has 7 heteroatoms. The lowest BCUT2D eigenvalue weighted by Gasteiger charge is -2.26. The summed E-state index contributed by atoms with van der Waals surface area (Å²) in [5.41, 5.74) is 4.50. The molecule has 3 N–H and O–H groups in total.